The minimum atomic E-state index is 0.443. The molecule has 0 aliphatic carbocycles. The third-order valence-electron chi connectivity index (χ3n) is 4.64. The molecule has 0 atom stereocenters. The van der Waals surface area contributed by atoms with E-state index in [1.165, 1.54) is 38.5 Å². The summed E-state index contributed by atoms with van der Waals surface area (Å²) in [5.74, 6) is 1.45. The Morgan fingerprint density at radius 1 is 1.00 bits per heavy atom. The summed E-state index contributed by atoms with van der Waals surface area (Å²) in [5, 5.41) is 4.24. The first-order chi connectivity index (χ1) is 13.6. The van der Waals surface area contributed by atoms with Crippen LogP contribution < -0.4 is 14.8 Å². The third kappa shape index (κ3) is 8.02. The minimum Gasteiger partial charge on any atom is -0.493 e. The maximum Gasteiger partial charge on any atom is 0.162 e. The molecule has 0 radical (unpaired) electrons. The molecule has 0 saturated heterocycles. The SMILES string of the molecule is CCCCCCCCNCc1cc(OC)c(OCc2cccc(Cl)c2)cc1Br. The summed E-state index contributed by atoms with van der Waals surface area (Å²) in [6.07, 6.45) is 7.87. The van der Waals surface area contributed by atoms with E-state index in [1.807, 2.05) is 36.4 Å². The quantitative estimate of drug-likeness (QED) is 0.317. The zero-order valence-electron chi connectivity index (χ0n) is 16.9. The molecular formula is C23H31BrClNO2. The summed E-state index contributed by atoms with van der Waals surface area (Å²) in [7, 11) is 1.67. The molecule has 2 rings (SSSR count). The van der Waals surface area contributed by atoms with E-state index in [4.69, 9.17) is 21.1 Å². The van der Waals surface area contributed by atoms with E-state index in [-0.39, 0.29) is 0 Å². The topological polar surface area (TPSA) is 30.5 Å². The molecule has 0 aliphatic heterocycles. The average Bonchev–Trinajstić information content (AvgIpc) is 2.69. The van der Waals surface area contributed by atoms with Crippen LogP contribution in [0.2, 0.25) is 5.02 Å². The van der Waals surface area contributed by atoms with Crippen molar-refractivity contribution in [1.29, 1.82) is 0 Å². The van der Waals surface area contributed by atoms with Crippen molar-refractivity contribution in [2.24, 2.45) is 0 Å². The molecule has 3 nitrogen and oxygen atoms in total. The van der Waals surface area contributed by atoms with Crippen molar-refractivity contribution in [3.8, 4) is 11.5 Å². The number of benzene rings is 2. The van der Waals surface area contributed by atoms with Crippen molar-refractivity contribution in [2.75, 3.05) is 13.7 Å². The number of rotatable bonds is 13. The van der Waals surface area contributed by atoms with E-state index in [9.17, 15) is 0 Å². The van der Waals surface area contributed by atoms with Crippen molar-refractivity contribution in [3.05, 3.63) is 57.0 Å². The monoisotopic (exact) mass is 467 g/mol. The fourth-order valence-electron chi connectivity index (χ4n) is 3.03. The van der Waals surface area contributed by atoms with Gasteiger partial charge in [-0.15, -0.1) is 0 Å². The predicted molar refractivity (Wildman–Crippen MR) is 122 cm³/mol. The molecule has 2 aromatic carbocycles. The number of hydrogen-bond acceptors (Lipinski definition) is 3. The van der Waals surface area contributed by atoms with Crippen LogP contribution in [0.3, 0.4) is 0 Å². The lowest BCUT2D eigenvalue weighted by Crippen LogP contribution is -2.15. The van der Waals surface area contributed by atoms with Gasteiger partial charge in [-0.3, -0.25) is 0 Å². The van der Waals surface area contributed by atoms with Gasteiger partial charge in [0.1, 0.15) is 6.61 Å². The van der Waals surface area contributed by atoms with Crippen molar-refractivity contribution in [2.45, 2.75) is 58.6 Å². The van der Waals surface area contributed by atoms with Gasteiger partial charge < -0.3 is 14.8 Å². The van der Waals surface area contributed by atoms with Gasteiger partial charge in [-0.25, -0.2) is 0 Å². The van der Waals surface area contributed by atoms with E-state index >= 15 is 0 Å². The van der Waals surface area contributed by atoms with Crippen molar-refractivity contribution >= 4 is 27.5 Å². The summed E-state index contributed by atoms with van der Waals surface area (Å²) >= 11 is 9.70. The smallest absolute Gasteiger partial charge is 0.162 e. The van der Waals surface area contributed by atoms with Gasteiger partial charge >= 0.3 is 0 Å². The normalized spacial score (nSPS) is 10.9. The van der Waals surface area contributed by atoms with Crippen LogP contribution in [-0.2, 0) is 13.2 Å². The van der Waals surface area contributed by atoms with Crippen molar-refractivity contribution in [1.82, 2.24) is 5.32 Å². The first-order valence-electron chi connectivity index (χ1n) is 10.1. The van der Waals surface area contributed by atoms with Gasteiger partial charge in [0.2, 0.25) is 0 Å². The Morgan fingerprint density at radius 2 is 1.79 bits per heavy atom. The largest absolute Gasteiger partial charge is 0.493 e. The second kappa shape index (κ2) is 13.1. The summed E-state index contributed by atoms with van der Waals surface area (Å²) in [6, 6.07) is 11.7. The van der Waals surface area contributed by atoms with Crippen LogP contribution in [0.15, 0.2) is 40.9 Å². The molecule has 0 amide bonds. The van der Waals surface area contributed by atoms with Crippen LogP contribution in [0.5, 0.6) is 11.5 Å². The Hall–Kier alpha value is -1.23. The van der Waals surface area contributed by atoms with Gasteiger partial charge in [-0.2, -0.15) is 0 Å². The molecule has 0 fully saturated rings. The number of hydrogen-bond donors (Lipinski definition) is 1. The maximum atomic E-state index is 6.04. The van der Waals surface area contributed by atoms with E-state index in [2.05, 4.69) is 28.2 Å². The Balaban J connectivity index is 1.84. The molecule has 28 heavy (non-hydrogen) atoms. The van der Waals surface area contributed by atoms with Crippen LogP contribution >= 0.6 is 27.5 Å². The summed E-state index contributed by atoms with van der Waals surface area (Å²) in [5.41, 5.74) is 2.19. The fourth-order valence-corrected chi connectivity index (χ4v) is 3.70. The number of methoxy groups -OCH3 is 1. The predicted octanol–water partition coefficient (Wildman–Crippen LogP) is 7.14. The number of unbranched alkanes of at least 4 members (excludes halogenated alkanes) is 5. The van der Waals surface area contributed by atoms with E-state index < -0.39 is 0 Å². The molecule has 0 unspecified atom stereocenters. The maximum absolute atomic E-state index is 6.04. The molecule has 0 spiro atoms. The molecule has 0 heterocycles. The second-order valence-electron chi connectivity index (χ2n) is 6.96. The molecule has 1 N–H and O–H groups in total. The molecule has 154 valence electrons. The standard InChI is InChI=1S/C23H31BrClNO2/c1-3-4-5-6-7-8-12-26-16-19-14-22(27-2)23(15-21(19)24)28-17-18-10-9-11-20(25)13-18/h9-11,13-15,26H,3-8,12,16-17H2,1-2H3. The third-order valence-corrected chi connectivity index (χ3v) is 5.61. The molecule has 0 aromatic heterocycles. The molecule has 0 aliphatic rings. The van der Waals surface area contributed by atoms with Gasteiger partial charge in [0.15, 0.2) is 11.5 Å². The lowest BCUT2D eigenvalue weighted by Gasteiger charge is -2.15. The Labute approximate surface area is 182 Å². The summed E-state index contributed by atoms with van der Waals surface area (Å²) < 4.78 is 12.5. The van der Waals surface area contributed by atoms with Gasteiger partial charge in [0.05, 0.1) is 7.11 Å². The van der Waals surface area contributed by atoms with Crippen LogP contribution in [0, 0.1) is 0 Å². The average molecular weight is 469 g/mol. The van der Waals surface area contributed by atoms with Gasteiger partial charge in [0.25, 0.3) is 0 Å². The lowest BCUT2D eigenvalue weighted by molar-refractivity contribution is 0.284. The number of halogens is 2. The molecule has 5 heteroatoms. The molecule has 0 saturated carbocycles. The second-order valence-corrected chi connectivity index (χ2v) is 8.25. The van der Waals surface area contributed by atoms with Crippen LogP contribution in [0.4, 0.5) is 0 Å². The Kier molecular flexibility index (Phi) is 10.8. The highest BCUT2D eigenvalue weighted by atomic mass is 79.9. The van der Waals surface area contributed by atoms with Crippen molar-refractivity contribution < 1.29 is 9.47 Å². The first kappa shape index (κ1) is 23.1. The number of ether oxygens (including phenoxy) is 2. The molecular weight excluding hydrogens is 438 g/mol. The highest BCUT2D eigenvalue weighted by Gasteiger charge is 2.11. The Bertz CT molecular complexity index is 724. The van der Waals surface area contributed by atoms with Gasteiger partial charge in [-0.05, 0) is 48.4 Å². The number of nitrogens with one attached hydrogen (secondary N) is 1. The fraction of sp³-hybridized carbons (Fsp3) is 0.478. The lowest BCUT2D eigenvalue weighted by atomic mass is 10.1. The van der Waals surface area contributed by atoms with Crippen LogP contribution in [-0.4, -0.2) is 13.7 Å². The molecule has 2 aromatic rings. The minimum absolute atomic E-state index is 0.443. The van der Waals surface area contributed by atoms with E-state index in [0.717, 1.165) is 34.4 Å². The van der Waals surface area contributed by atoms with Gasteiger partial charge in [-0.1, -0.05) is 78.7 Å². The van der Waals surface area contributed by atoms with Crippen LogP contribution in [0.1, 0.15) is 56.6 Å². The highest BCUT2D eigenvalue weighted by Crippen LogP contribution is 2.34. The summed E-state index contributed by atoms with van der Waals surface area (Å²) in [4.78, 5) is 0. The summed E-state index contributed by atoms with van der Waals surface area (Å²) in [6.45, 7) is 4.54. The molecule has 0 bridgehead atoms. The van der Waals surface area contributed by atoms with Crippen LogP contribution in [0.25, 0.3) is 0 Å². The van der Waals surface area contributed by atoms with Crippen molar-refractivity contribution in [3.63, 3.8) is 0 Å². The zero-order chi connectivity index (χ0) is 20.2. The van der Waals surface area contributed by atoms with Gasteiger partial charge in [0, 0.05) is 16.0 Å². The first-order valence-corrected chi connectivity index (χ1v) is 11.3. The van der Waals surface area contributed by atoms with E-state index in [0.29, 0.717) is 17.4 Å². The highest BCUT2D eigenvalue weighted by molar-refractivity contribution is 9.10. The Morgan fingerprint density at radius 3 is 2.54 bits per heavy atom. The van der Waals surface area contributed by atoms with E-state index in [1.54, 1.807) is 7.11 Å². The zero-order valence-corrected chi connectivity index (χ0v) is 19.2.